The van der Waals surface area contributed by atoms with Crippen LogP contribution in [0, 0.1) is 0 Å². The lowest BCUT2D eigenvalue weighted by Gasteiger charge is -2.28. The highest BCUT2D eigenvalue weighted by molar-refractivity contribution is 5.80. The summed E-state index contributed by atoms with van der Waals surface area (Å²) in [5.41, 5.74) is 4.04. The smallest absolute Gasteiger partial charge is 0.193 e. The summed E-state index contributed by atoms with van der Waals surface area (Å²) in [5, 5.41) is 7.92. The number of aliphatic imine (C=N–C) groups is 1. The molecule has 2 aliphatic heterocycles. The molecule has 0 amide bonds. The topological polar surface area (TPSA) is 57.9 Å². The first-order chi connectivity index (χ1) is 14.2. The maximum Gasteiger partial charge on any atom is 0.193 e. The molecule has 1 N–H and O–H groups in total. The fraction of sp³-hybridized carbons (Fsp3) is 0.545. The third-order valence-electron chi connectivity index (χ3n) is 5.95. The zero-order valence-corrected chi connectivity index (χ0v) is 17.5. The molecule has 7 heteroatoms. The zero-order valence-electron chi connectivity index (χ0n) is 17.5. The van der Waals surface area contributed by atoms with Gasteiger partial charge in [-0.2, -0.15) is 5.10 Å². The first-order valence-electron chi connectivity index (χ1n) is 10.5. The molecule has 4 rings (SSSR count). The van der Waals surface area contributed by atoms with E-state index < -0.39 is 0 Å². The van der Waals surface area contributed by atoms with Crippen LogP contribution in [0.5, 0.6) is 0 Å². The lowest BCUT2D eigenvalue weighted by Crippen LogP contribution is -2.40. The van der Waals surface area contributed by atoms with Crippen LogP contribution in [0.3, 0.4) is 0 Å². The Morgan fingerprint density at radius 2 is 2.00 bits per heavy atom. The zero-order chi connectivity index (χ0) is 20.1. The summed E-state index contributed by atoms with van der Waals surface area (Å²) in [5.74, 6) is 1.51. The number of morpholine rings is 1. The van der Waals surface area contributed by atoms with Crippen LogP contribution in [-0.2, 0) is 24.9 Å². The van der Waals surface area contributed by atoms with Gasteiger partial charge in [-0.05, 0) is 23.1 Å². The van der Waals surface area contributed by atoms with E-state index in [0.717, 1.165) is 64.9 Å². The first-order valence-corrected chi connectivity index (χ1v) is 10.5. The van der Waals surface area contributed by atoms with Gasteiger partial charge in [-0.25, -0.2) is 0 Å². The molecule has 2 aromatic rings. The average molecular weight is 397 g/mol. The molecule has 1 unspecified atom stereocenters. The van der Waals surface area contributed by atoms with E-state index in [1.807, 2.05) is 25.0 Å². The maximum atomic E-state index is 5.48. The molecule has 7 nitrogen and oxygen atoms in total. The number of rotatable bonds is 5. The van der Waals surface area contributed by atoms with Crippen LogP contribution in [0.2, 0.25) is 0 Å². The second kappa shape index (κ2) is 9.41. The van der Waals surface area contributed by atoms with Crippen LogP contribution in [-0.4, -0.2) is 72.0 Å². The molecule has 0 radical (unpaired) electrons. The van der Waals surface area contributed by atoms with Crippen LogP contribution >= 0.6 is 0 Å². The molecular formula is C22H32N6O. The van der Waals surface area contributed by atoms with E-state index in [4.69, 9.17) is 4.74 Å². The van der Waals surface area contributed by atoms with Gasteiger partial charge in [0.15, 0.2) is 5.96 Å². The van der Waals surface area contributed by atoms with Gasteiger partial charge in [-0.15, -0.1) is 0 Å². The molecule has 0 saturated carbocycles. The fourth-order valence-corrected chi connectivity index (χ4v) is 4.27. The number of nitrogens with zero attached hydrogens (tertiary/aromatic N) is 5. The second-order valence-electron chi connectivity index (χ2n) is 7.94. The van der Waals surface area contributed by atoms with Crippen LogP contribution in [0.1, 0.15) is 29.0 Å². The number of nitrogens with one attached hydrogen (secondary N) is 1. The lowest BCUT2D eigenvalue weighted by atomic mass is 10.0. The van der Waals surface area contributed by atoms with Crippen molar-refractivity contribution in [2.24, 2.45) is 12.0 Å². The number of benzene rings is 1. The molecule has 0 spiro atoms. The summed E-state index contributed by atoms with van der Waals surface area (Å²) in [6, 6.07) is 8.71. The molecule has 1 atom stereocenters. The maximum absolute atomic E-state index is 5.48. The molecule has 1 aromatic heterocycles. The van der Waals surface area contributed by atoms with Crippen LogP contribution in [0.25, 0.3) is 0 Å². The number of guanidine groups is 1. The highest BCUT2D eigenvalue weighted by atomic mass is 16.5. The molecule has 29 heavy (non-hydrogen) atoms. The highest BCUT2D eigenvalue weighted by Gasteiger charge is 2.27. The molecular weight excluding hydrogens is 364 g/mol. The fourth-order valence-electron chi connectivity index (χ4n) is 4.27. The van der Waals surface area contributed by atoms with Gasteiger partial charge in [0.25, 0.3) is 0 Å². The number of aryl methyl sites for hydroxylation is 1. The molecule has 1 aromatic carbocycles. The summed E-state index contributed by atoms with van der Waals surface area (Å²) >= 11 is 0. The largest absolute Gasteiger partial charge is 0.379 e. The predicted octanol–water partition coefficient (Wildman–Crippen LogP) is 1.82. The Labute approximate surface area is 173 Å². The number of hydrogen-bond donors (Lipinski definition) is 1. The summed E-state index contributed by atoms with van der Waals surface area (Å²) in [7, 11) is 3.85. The summed E-state index contributed by atoms with van der Waals surface area (Å²) in [6.07, 6.45) is 5.26. The molecule has 2 fully saturated rings. The molecule has 156 valence electrons. The molecule has 2 saturated heterocycles. The van der Waals surface area contributed by atoms with E-state index in [0.29, 0.717) is 5.92 Å². The standard InChI is InChI=1S/C22H32N6O/c1-23-22(28-8-7-20(17-28)21-14-25-26(2)15-21)24-13-18-5-3-4-6-19(18)16-27-9-11-29-12-10-27/h3-6,14-15,20H,7-13,16-17H2,1-2H3,(H,23,24). The van der Waals surface area contributed by atoms with Crippen molar-refractivity contribution < 1.29 is 4.74 Å². The van der Waals surface area contributed by atoms with Crippen LogP contribution < -0.4 is 5.32 Å². The van der Waals surface area contributed by atoms with Gasteiger partial charge in [0.1, 0.15) is 0 Å². The van der Waals surface area contributed by atoms with E-state index in [9.17, 15) is 0 Å². The third kappa shape index (κ3) is 4.97. The van der Waals surface area contributed by atoms with Gasteiger partial charge in [0.2, 0.25) is 0 Å². The Morgan fingerprint density at radius 1 is 1.21 bits per heavy atom. The van der Waals surface area contributed by atoms with Gasteiger partial charge in [-0.1, -0.05) is 24.3 Å². The summed E-state index contributed by atoms with van der Waals surface area (Å²) in [4.78, 5) is 9.38. The van der Waals surface area contributed by atoms with Gasteiger partial charge in [0.05, 0.1) is 19.4 Å². The molecule has 3 heterocycles. The van der Waals surface area contributed by atoms with Crippen molar-refractivity contribution in [3.63, 3.8) is 0 Å². The quantitative estimate of drug-likeness (QED) is 0.617. The van der Waals surface area contributed by atoms with E-state index in [-0.39, 0.29) is 0 Å². The normalized spacial score (nSPS) is 21.0. The minimum absolute atomic E-state index is 0.524. The Hall–Kier alpha value is -2.38. The minimum atomic E-state index is 0.524. The second-order valence-corrected chi connectivity index (χ2v) is 7.94. The minimum Gasteiger partial charge on any atom is -0.379 e. The Bertz CT molecular complexity index is 826. The Balaban J connectivity index is 1.35. The number of aromatic nitrogens is 2. The summed E-state index contributed by atoms with van der Waals surface area (Å²) < 4.78 is 7.36. The predicted molar refractivity (Wildman–Crippen MR) is 115 cm³/mol. The average Bonchev–Trinajstić information content (AvgIpc) is 3.40. The van der Waals surface area contributed by atoms with Gasteiger partial charge in [-0.3, -0.25) is 14.6 Å². The van der Waals surface area contributed by atoms with Crippen molar-refractivity contribution in [3.05, 3.63) is 53.3 Å². The molecule has 0 aliphatic carbocycles. The van der Waals surface area contributed by atoms with E-state index in [1.54, 1.807) is 0 Å². The third-order valence-corrected chi connectivity index (χ3v) is 5.95. The van der Waals surface area contributed by atoms with Crippen molar-refractivity contribution >= 4 is 5.96 Å². The molecule has 2 aliphatic rings. The van der Waals surface area contributed by atoms with Crippen molar-refractivity contribution in [1.29, 1.82) is 0 Å². The number of hydrogen-bond acceptors (Lipinski definition) is 4. The van der Waals surface area contributed by atoms with E-state index >= 15 is 0 Å². The Kier molecular flexibility index (Phi) is 6.46. The van der Waals surface area contributed by atoms with Crippen LogP contribution in [0.4, 0.5) is 0 Å². The summed E-state index contributed by atoms with van der Waals surface area (Å²) in [6.45, 7) is 7.46. The molecule has 0 bridgehead atoms. The van der Waals surface area contributed by atoms with Crippen molar-refractivity contribution in [2.45, 2.75) is 25.4 Å². The van der Waals surface area contributed by atoms with Crippen LogP contribution in [0.15, 0.2) is 41.7 Å². The highest BCUT2D eigenvalue weighted by Crippen LogP contribution is 2.26. The van der Waals surface area contributed by atoms with Crippen molar-refractivity contribution in [2.75, 3.05) is 46.4 Å². The van der Waals surface area contributed by atoms with Crippen molar-refractivity contribution in [1.82, 2.24) is 24.9 Å². The SMILES string of the molecule is CN=C(NCc1ccccc1CN1CCOCC1)N1CCC(c2cnn(C)c2)C1. The van der Waals surface area contributed by atoms with Gasteiger partial charge >= 0.3 is 0 Å². The number of ether oxygens (including phenoxy) is 1. The Morgan fingerprint density at radius 3 is 2.72 bits per heavy atom. The van der Waals surface area contributed by atoms with E-state index in [1.165, 1.54) is 16.7 Å². The van der Waals surface area contributed by atoms with Gasteiger partial charge in [0, 0.05) is 65.5 Å². The van der Waals surface area contributed by atoms with E-state index in [2.05, 4.69) is 55.7 Å². The lowest BCUT2D eigenvalue weighted by molar-refractivity contribution is 0.0341. The van der Waals surface area contributed by atoms with Gasteiger partial charge < -0.3 is 15.0 Å². The first kappa shape index (κ1) is 19.9. The monoisotopic (exact) mass is 396 g/mol. The number of likely N-dealkylation sites (tertiary alicyclic amines) is 1. The van der Waals surface area contributed by atoms with Crippen molar-refractivity contribution in [3.8, 4) is 0 Å².